The van der Waals surface area contributed by atoms with E-state index in [1.807, 2.05) is 0 Å². The van der Waals surface area contributed by atoms with E-state index >= 15 is 0 Å². The van der Waals surface area contributed by atoms with Crippen molar-refractivity contribution in [3.8, 4) is 0 Å². The smallest absolute Gasteiger partial charge is 0.303 e. The van der Waals surface area contributed by atoms with Crippen molar-refractivity contribution in [1.82, 2.24) is 0 Å². The zero-order valence-electron chi connectivity index (χ0n) is 18.4. The van der Waals surface area contributed by atoms with Crippen molar-refractivity contribution in [2.45, 2.75) is 129 Å². The highest BCUT2D eigenvalue weighted by Crippen LogP contribution is 2.09. The fourth-order valence-electron chi connectivity index (χ4n) is 2.89. The van der Waals surface area contributed by atoms with E-state index in [9.17, 15) is 4.79 Å². The van der Waals surface area contributed by atoms with E-state index in [-0.39, 0.29) is 0 Å². The standard InChI is InChI=1S/C18H34O2.C6H14O/c1-2-3-4-5-6-7-8-9-10-11-12-13-14-15-16-17-18(19)20;1-2-3-4-5-6-7/h9-10H,2-8,11-17H2,1H3,(H,19,20);7H,2-6H2,1H3/b10-9-;. The van der Waals surface area contributed by atoms with E-state index in [1.54, 1.807) is 0 Å². The molecular weight excluding hydrogens is 336 g/mol. The molecule has 0 heterocycles. The van der Waals surface area contributed by atoms with Crippen LogP contribution in [0.2, 0.25) is 0 Å². The van der Waals surface area contributed by atoms with Gasteiger partial charge in [-0.1, -0.05) is 96.6 Å². The number of aliphatic carboxylic acids is 1. The Morgan fingerprint density at radius 1 is 0.630 bits per heavy atom. The van der Waals surface area contributed by atoms with Crippen LogP contribution >= 0.6 is 0 Å². The predicted molar refractivity (Wildman–Crippen MR) is 118 cm³/mol. The molecule has 0 bridgehead atoms. The predicted octanol–water partition coefficient (Wildman–Crippen LogP) is 7.67. The summed E-state index contributed by atoms with van der Waals surface area (Å²) in [5, 5.41) is 16.8. The maximum atomic E-state index is 10.3. The Morgan fingerprint density at radius 3 is 1.48 bits per heavy atom. The lowest BCUT2D eigenvalue weighted by atomic mass is 10.1. The fraction of sp³-hybridized carbons (Fsp3) is 0.875. The number of hydrogen-bond donors (Lipinski definition) is 2. The summed E-state index contributed by atoms with van der Waals surface area (Å²) in [6.45, 7) is 4.78. The van der Waals surface area contributed by atoms with Gasteiger partial charge in [-0.05, 0) is 38.5 Å². The molecule has 0 amide bonds. The minimum Gasteiger partial charge on any atom is -0.481 e. The van der Waals surface area contributed by atoms with Gasteiger partial charge in [-0.3, -0.25) is 4.79 Å². The average molecular weight is 385 g/mol. The number of allylic oxidation sites excluding steroid dienone is 2. The van der Waals surface area contributed by atoms with Crippen molar-refractivity contribution < 1.29 is 15.0 Å². The van der Waals surface area contributed by atoms with Crippen LogP contribution in [0.15, 0.2) is 12.2 Å². The molecule has 2 N–H and O–H groups in total. The Hall–Kier alpha value is -0.830. The summed E-state index contributed by atoms with van der Waals surface area (Å²) in [6.07, 6.45) is 25.9. The van der Waals surface area contributed by atoms with E-state index in [0.29, 0.717) is 13.0 Å². The molecule has 0 aromatic carbocycles. The highest BCUT2D eigenvalue weighted by molar-refractivity contribution is 5.66. The van der Waals surface area contributed by atoms with Gasteiger partial charge >= 0.3 is 5.97 Å². The molecule has 0 atom stereocenters. The maximum absolute atomic E-state index is 10.3. The van der Waals surface area contributed by atoms with E-state index in [0.717, 1.165) is 19.3 Å². The van der Waals surface area contributed by atoms with Gasteiger partial charge in [0, 0.05) is 13.0 Å². The zero-order valence-corrected chi connectivity index (χ0v) is 18.4. The monoisotopic (exact) mass is 384 g/mol. The second-order valence-electron chi connectivity index (χ2n) is 7.51. The fourth-order valence-corrected chi connectivity index (χ4v) is 2.89. The third kappa shape index (κ3) is 33.2. The van der Waals surface area contributed by atoms with Gasteiger partial charge in [0.15, 0.2) is 0 Å². The maximum Gasteiger partial charge on any atom is 0.303 e. The second kappa shape index (κ2) is 27.4. The molecule has 0 aliphatic heterocycles. The molecule has 162 valence electrons. The van der Waals surface area contributed by atoms with Crippen molar-refractivity contribution in [2.24, 2.45) is 0 Å². The lowest BCUT2D eigenvalue weighted by Gasteiger charge is -1.99. The zero-order chi connectivity index (χ0) is 20.4. The van der Waals surface area contributed by atoms with Crippen LogP contribution in [0.4, 0.5) is 0 Å². The van der Waals surface area contributed by atoms with Crippen molar-refractivity contribution in [3.05, 3.63) is 12.2 Å². The first-order valence-corrected chi connectivity index (χ1v) is 11.7. The highest BCUT2D eigenvalue weighted by atomic mass is 16.4. The molecule has 3 heteroatoms. The summed E-state index contributed by atoms with van der Waals surface area (Å²) in [5.41, 5.74) is 0. The van der Waals surface area contributed by atoms with E-state index in [1.165, 1.54) is 89.9 Å². The second-order valence-corrected chi connectivity index (χ2v) is 7.51. The van der Waals surface area contributed by atoms with Gasteiger partial charge in [0.2, 0.25) is 0 Å². The first-order valence-electron chi connectivity index (χ1n) is 11.7. The van der Waals surface area contributed by atoms with Gasteiger partial charge in [0.25, 0.3) is 0 Å². The van der Waals surface area contributed by atoms with Crippen LogP contribution in [0.1, 0.15) is 129 Å². The summed E-state index contributed by atoms with van der Waals surface area (Å²) in [4.78, 5) is 10.3. The van der Waals surface area contributed by atoms with E-state index in [2.05, 4.69) is 26.0 Å². The number of carboxylic acid groups (broad SMARTS) is 1. The molecule has 0 saturated carbocycles. The normalized spacial score (nSPS) is 10.8. The number of rotatable bonds is 19. The number of aliphatic hydroxyl groups is 1. The van der Waals surface area contributed by atoms with Crippen LogP contribution in [0.25, 0.3) is 0 Å². The van der Waals surface area contributed by atoms with Gasteiger partial charge < -0.3 is 10.2 Å². The van der Waals surface area contributed by atoms with Crippen LogP contribution < -0.4 is 0 Å². The average Bonchev–Trinajstić information content (AvgIpc) is 2.65. The van der Waals surface area contributed by atoms with Crippen LogP contribution in [-0.4, -0.2) is 22.8 Å². The lowest BCUT2D eigenvalue weighted by Crippen LogP contribution is -1.93. The van der Waals surface area contributed by atoms with Crippen molar-refractivity contribution in [1.29, 1.82) is 0 Å². The molecule has 0 spiro atoms. The largest absolute Gasteiger partial charge is 0.481 e. The molecule has 0 fully saturated rings. The van der Waals surface area contributed by atoms with E-state index < -0.39 is 5.97 Å². The molecule has 0 rings (SSSR count). The molecular formula is C24H48O3. The van der Waals surface area contributed by atoms with Gasteiger partial charge in [-0.15, -0.1) is 0 Å². The number of hydrogen-bond acceptors (Lipinski definition) is 2. The number of unbranched alkanes of at least 4 members (excludes halogenated alkanes) is 14. The molecule has 0 saturated heterocycles. The molecule has 0 aromatic heterocycles. The molecule has 3 nitrogen and oxygen atoms in total. The Balaban J connectivity index is 0. The molecule has 0 aromatic rings. The summed E-state index contributed by atoms with van der Waals surface area (Å²) >= 11 is 0. The topological polar surface area (TPSA) is 57.5 Å². The molecule has 0 aliphatic rings. The van der Waals surface area contributed by atoms with Crippen LogP contribution in [-0.2, 0) is 4.79 Å². The lowest BCUT2D eigenvalue weighted by molar-refractivity contribution is -0.137. The first-order chi connectivity index (χ1) is 13.2. The highest BCUT2D eigenvalue weighted by Gasteiger charge is 1.95. The SMILES string of the molecule is CCCCCCCC/C=C\CCCCCCCC(=O)O.CCCCCCO. The quantitative estimate of drug-likeness (QED) is 0.177. The molecule has 27 heavy (non-hydrogen) atoms. The summed E-state index contributed by atoms with van der Waals surface area (Å²) in [6, 6.07) is 0. The Labute approximate surface area is 169 Å². The summed E-state index contributed by atoms with van der Waals surface area (Å²) < 4.78 is 0. The third-order valence-electron chi connectivity index (χ3n) is 4.66. The number of carbonyl (C=O) groups is 1. The summed E-state index contributed by atoms with van der Waals surface area (Å²) in [5.74, 6) is -0.664. The van der Waals surface area contributed by atoms with Crippen molar-refractivity contribution in [2.75, 3.05) is 6.61 Å². The van der Waals surface area contributed by atoms with Gasteiger partial charge in [0.1, 0.15) is 0 Å². The Bertz CT molecular complexity index is 296. The number of aliphatic hydroxyl groups excluding tert-OH is 1. The molecule has 0 radical (unpaired) electrons. The van der Waals surface area contributed by atoms with Crippen LogP contribution in [0.5, 0.6) is 0 Å². The van der Waals surface area contributed by atoms with Crippen molar-refractivity contribution >= 4 is 5.97 Å². The number of carboxylic acids is 1. The Kier molecular flexibility index (Phi) is 28.8. The summed E-state index contributed by atoms with van der Waals surface area (Å²) in [7, 11) is 0. The van der Waals surface area contributed by atoms with E-state index in [4.69, 9.17) is 10.2 Å². The molecule has 0 aliphatic carbocycles. The first kappa shape index (κ1) is 28.4. The van der Waals surface area contributed by atoms with Gasteiger partial charge in [-0.25, -0.2) is 0 Å². The Morgan fingerprint density at radius 2 is 1.04 bits per heavy atom. The minimum atomic E-state index is -0.664. The van der Waals surface area contributed by atoms with Gasteiger partial charge in [-0.2, -0.15) is 0 Å². The minimum absolute atomic E-state index is 0.332. The molecule has 0 unspecified atom stereocenters. The third-order valence-corrected chi connectivity index (χ3v) is 4.66. The van der Waals surface area contributed by atoms with Crippen molar-refractivity contribution in [3.63, 3.8) is 0 Å². The van der Waals surface area contributed by atoms with Gasteiger partial charge in [0.05, 0.1) is 0 Å². The van der Waals surface area contributed by atoms with Crippen LogP contribution in [0.3, 0.4) is 0 Å². The van der Waals surface area contributed by atoms with Crippen LogP contribution in [0, 0.1) is 0 Å².